The molecular weight excluding hydrogens is 307 g/mol. The molecule has 1 fully saturated rings. The van der Waals surface area contributed by atoms with Crippen LogP contribution in [-0.4, -0.2) is 23.4 Å². The van der Waals surface area contributed by atoms with Crippen LogP contribution in [0.4, 0.5) is 13.2 Å². The number of aliphatic hydroxyl groups is 1. The van der Waals surface area contributed by atoms with Gasteiger partial charge in [-0.1, -0.05) is 6.07 Å². The van der Waals surface area contributed by atoms with Gasteiger partial charge in [0.05, 0.1) is 24.1 Å². The monoisotopic (exact) mass is 325 g/mol. The molecule has 2 aromatic rings. The van der Waals surface area contributed by atoms with Gasteiger partial charge in [-0.3, -0.25) is 0 Å². The van der Waals surface area contributed by atoms with E-state index in [1.165, 1.54) is 7.11 Å². The van der Waals surface area contributed by atoms with Crippen molar-refractivity contribution in [2.75, 3.05) is 7.11 Å². The number of nitrogens with zero attached hydrogens (tertiary/aromatic N) is 1. The summed E-state index contributed by atoms with van der Waals surface area (Å²) in [5.74, 6) is -0.816. The molecule has 23 heavy (non-hydrogen) atoms. The van der Waals surface area contributed by atoms with Gasteiger partial charge in [-0.2, -0.15) is 13.2 Å². The molecule has 3 rings (SSSR count). The first-order valence-corrected chi connectivity index (χ1v) is 7.56. The van der Waals surface area contributed by atoms with Crippen molar-refractivity contribution in [1.29, 1.82) is 0 Å². The first kappa shape index (κ1) is 16.1. The van der Waals surface area contributed by atoms with Gasteiger partial charge < -0.3 is 9.84 Å². The summed E-state index contributed by atoms with van der Waals surface area (Å²) in [7, 11) is 1.53. The zero-order valence-electron chi connectivity index (χ0n) is 12.7. The molecule has 1 aromatic heterocycles. The number of fused-ring (bicyclic) bond motifs is 1. The van der Waals surface area contributed by atoms with Crippen molar-refractivity contribution in [3.63, 3.8) is 0 Å². The summed E-state index contributed by atoms with van der Waals surface area (Å²) in [4.78, 5) is 4.29. The Morgan fingerprint density at radius 1 is 1.17 bits per heavy atom. The van der Waals surface area contributed by atoms with Gasteiger partial charge in [0, 0.05) is 11.5 Å². The van der Waals surface area contributed by atoms with Crippen molar-refractivity contribution < 1.29 is 23.0 Å². The Balaban J connectivity index is 1.85. The SMILES string of the molecule is COc1ccc2cc(C3(O)CCC(C(F)(F)F)CC3)ccc2n1. The summed E-state index contributed by atoms with van der Waals surface area (Å²) >= 11 is 0. The van der Waals surface area contributed by atoms with Crippen LogP contribution < -0.4 is 4.74 Å². The fourth-order valence-electron chi connectivity index (χ4n) is 3.22. The number of methoxy groups -OCH3 is 1. The standard InChI is InChI=1S/C17H18F3NO2/c1-23-15-5-2-11-10-13(3-4-14(11)21-15)16(22)8-6-12(7-9-16)17(18,19)20/h2-5,10,12,22H,6-9H2,1H3. The Kier molecular flexibility index (Phi) is 3.96. The molecule has 1 aliphatic rings. The quantitative estimate of drug-likeness (QED) is 0.900. The smallest absolute Gasteiger partial charge is 0.391 e. The van der Waals surface area contributed by atoms with Crippen LogP contribution in [0.5, 0.6) is 5.88 Å². The lowest BCUT2D eigenvalue weighted by atomic mass is 9.75. The Hall–Kier alpha value is -1.82. The van der Waals surface area contributed by atoms with Crippen LogP contribution in [0.2, 0.25) is 0 Å². The summed E-state index contributed by atoms with van der Waals surface area (Å²) in [5.41, 5.74) is 0.175. The summed E-state index contributed by atoms with van der Waals surface area (Å²) in [6.07, 6.45) is -4.03. The fraction of sp³-hybridized carbons (Fsp3) is 0.471. The van der Waals surface area contributed by atoms with Gasteiger partial charge in [0.25, 0.3) is 0 Å². The third-order valence-electron chi connectivity index (χ3n) is 4.69. The van der Waals surface area contributed by atoms with Crippen LogP contribution in [0.15, 0.2) is 30.3 Å². The minimum Gasteiger partial charge on any atom is -0.481 e. The van der Waals surface area contributed by atoms with E-state index in [0.717, 1.165) is 10.9 Å². The summed E-state index contributed by atoms with van der Waals surface area (Å²) in [5, 5.41) is 11.6. The highest BCUT2D eigenvalue weighted by Gasteiger charge is 2.45. The minimum absolute atomic E-state index is 0.0428. The van der Waals surface area contributed by atoms with E-state index in [1.54, 1.807) is 24.3 Å². The zero-order valence-corrected chi connectivity index (χ0v) is 12.7. The van der Waals surface area contributed by atoms with Crippen LogP contribution >= 0.6 is 0 Å². The van der Waals surface area contributed by atoms with E-state index in [1.807, 2.05) is 6.07 Å². The van der Waals surface area contributed by atoms with Gasteiger partial charge in [-0.15, -0.1) is 0 Å². The molecule has 3 nitrogen and oxygen atoms in total. The molecule has 0 radical (unpaired) electrons. The van der Waals surface area contributed by atoms with Crippen LogP contribution in [0.25, 0.3) is 10.9 Å². The first-order chi connectivity index (χ1) is 10.8. The number of hydrogen-bond donors (Lipinski definition) is 1. The van der Waals surface area contributed by atoms with E-state index in [2.05, 4.69) is 4.98 Å². The molecule has 1 aliphatic carbocycles. The Bertz CT molecular complexity index is 707. The highest BCUT2D eigenvalue weighted by atomic mass is 19.4. The highest BCUT2D eigenvalue weighted by molar-refractivity contribution is 5.80. The van der Waals surface area contributed by atoms with Gasteiger partial charge >= 0.3 is 6.18 Å². The Morgan fingerprint density at radius 2 is 1.87 bits per heavy atom. The van der Waals surface area contributed by atoms with Crippen molar-refractivity contribution in [3.8, 4) is 5.88 Å². The topological polar surface area (TPSA) is 42.4 Å². The lowest BCUT2D eigenvalue weighted by molar-refractivity contribution is -0.193. The number of alkyl halides is 3. The molecule has 0 saturated heterocycles. The number of aromatic nitrogens is 1. The Labute approximate surface area is 132 Å². The lowest BCUT2D eigenvalue weighted by Gasteiger charge is -2.37. The second kappa shape index (κ2) is 5.67. The van der Waals surface area contributed by atoms with Crippen molar-refractivity contribution in [2.45, 2.75) is 37.5 Å². The maximum atomic E-state index is 12.8. The number of pyridine rings is 1. The number of halogens is 3. The van der Waals surface area contributed by atoms with Gasteiger partial charge in [0.15, 0.2) is 0 Å². The van der Waals surface area contributed by atoms with E-state index < -0.39 is 17.7 Å². The molecule has 0 bridgehead atoms. The second-order valence-corrected chi connectivity index (χ2v) is 6.11. The maximum absolute atomic E-state index is 12.8. The Morgan fingerprint density at radius 3 is 2.48 bits per heavy atom. The molecule has 0 spiro atoms. The van der Waals surface area contributed by atoms with Gasteiger partial charge in [-0.05, 0) is 49.4 Å². The van der Waals surface area contributed by atoms with Gasteiger partial charge in [0.1, 0.15) is 0 Å². The third-order valence-corrected chi connectivity index (χ3v) is 4.69. The average molecular weight is 325 g/mol. The molecule has 0 amide bonds. The van der Waals surface area contributed by atoms with Crippen LogP contribution in [0, 0.1) is 5.92 Å². The van der Waals surface area contributed by atoms with E-state index >= 15 is 0 Å². The molecule has 1 saturated carbocycles. The van der Waals surface area contributed by atoms with Gasteiger partial charge in [-0.25, -0.2) is 4.98 Å². The van der Waals surface area contributed by atoms with Crippen molar-refractivity contribution in [2.24, 2.45) is 5.92 Å². The third kappa shape index (κ3) is 3.13. The summed E-state index contributed by atoms with van der Waals surface area (Å²) < 4.78 is 43.4. The number of benzene rings is 1. The lowest BCUT2D eigenvalue weighted by Crippen LogP contribution is -2.36. The van der Waals surface area contributed by atoms with E-state index in [4.69, 9.17) is 4.74 Å². The average Bonchev–Trinajstić information content (AvgIpc) is 2.53. The normalized spacial score (nSPS) is 25.5. The molecule has 6 heteroatoms. The number of rotatable bonds is 2. The van der Waals surface area contributed by atoms with Crippen LogP contribution in [0.3, 0.4) is 0 Å². The predicted molar refractivity (Wildman–Crippen MR) is 80.2 cm³/mol. The summed E-state index contributed by atoms with van der Waals surface area (Å²) in [6.45, 7) is 0. The highest BCUT2D eigenvalue weighted by Crippen LogP contribution is 2.45. The molecule has 124 valence electrons. The molecule has 1 heterocycles. The molecule has 0 unspecified atom stereocenters. The van der Waals surface area contributed by atoms with Crippen molar-refractivity contribution >= 4 is 10.9 Å². The van der Waals surface area contributed by atoms with Crippen LogP contribution in [-0.2, 0) is 5.60 Å². The largest absolute Gasteiger partial charge is 0.481 e. The minimum atomic E-state index is -4.18. The van der Waals surface area contributed by atoms with Crippen molar-refractivity contribution in [3.05, 3.63) is 35.9 Å². The first-order valence-electron chi connectivity index (χ1n) is 7.56. The number of hydrogen-bond acceptors (Lipinski definition) is 3. The van der Waals surface area contributed by atoms with E-state index in [9.17, 15) is 18.3 Å². The summed E-state index contributed by atoms with van der Waals surface area (Å²) in [6, 6.07) is 8.85. The predicted octanol–water partition coefficient (Wildman–Crippen LogP) is 4.18. The second-order valence-electron chi connectivity index (χ2n) is 6.11. The maximum Gasteiger partial charge on any atom is 0.391 e. The molecule has 0 atom stereocenters. The fourth-order valence-corrected chi connectivity index (χ4v) is 3.22. The number of ether oxygens (including phenoxy) is 1. The zero-order chi connectivity index (χ0) is 16.7. The molecule has 1 N–H and O–H groups in total. The van der Waals surface area contributed by atoms with Crippen molar-refractivity contribution in [1.82, 2.24) is 4.98 Å². The van der Waals surface area contributed by atoms with E-state index in [0.29, 0.717) is 11.4 Å². The molecule has 1 aromatic carbocycles. The van der Waals surface area contributed by atoms with Gasteiger partial charge in [0.2, 0.25) is 5.88 Å². The van der Waals surface area contributed by atoms with Crippen LogP contribution in [0.1, 0.15) is 31.2 Å². The molecular formula is C17H18F3NO2. The van der Waals surface area contributed by atoms with E-state index in [-0.39, 0.29) is 25.7 Å². The molecule has 0 aliphatic heterocycles.